The molecular formula is C22H23BrO3. The third-order valence-electron chi connectivity index (χ3n) is 4.00. The van der Waals surface area contributed by atoms with Crippen LogP contribution in [0, 0.1) is 5.92 Å². The maximum absolute atomic E-state index is 13.2. The van der Waals surface area contributed by atoms with Gasteiger partial charge in [0.25, 0.3) is 0 Å². The Morgan fingerprint density at radius 1 is 1.04 bits per heavy atom. The number of hydrogen-bond acceptors (Lipinski definition) is 3. The number of carbonyl (C=O) groups excluding carboxylic acids is 2. The van der Waals surface area contributed by atoms with Gasteiger partial charge in [0.1, 0.15) is 5.92 Å². The van der Waals surface area contributed by atoms with E-state index in [0.717, 1.165) is 22.0 Å². The molecule has 0 heterocycles. The van der Waals surface area contributed by atoms with Gasteiger partial charge < -0.3 is 4.74 Å². The molecule has 136 valence electrons. The summed E-state index contributed by atoms with van der Waals surface area (Å²) in [5.74, 6) is -1.42. The molecule has 0 bridgehead atoms. The highest BCUT2D eigenvalue weighted by Crippen LogP contribution is 2.26. The predicted molar refractivity (Wildman–Crippen MR) is 108 cm³/mol. The van der Waals surface area contributed by atoms with Gasteiger partial charge in [-0.3, -0.25) is 9.59 Å². The standard InChI is InChI=1S/C22H23BrO3/c1-3-8-19(22(25)26-4-2)21(24)20(17-9-6-5-7-10-17)15-16-11-13-18(23)14-12-16/h5-7,9-15,19H,3-4,8H2,1-2H3/b20-15+. The largest absolute Gasteiger partial charge is 0.465 e. The van der Waals surface area contributed by atoms with Crippen molar-refractivity contribution in [2.75, 3.05) is 6.61 Å². The van der Waals surface area contributed by atoms with E-state index in [1.807, 2.05) is 67.6 Å². The minimum absolute atomic E-state index is 0.195. The van der Waals surface area contributed by atoms with E-state index in [2.05, 4.69) is 15.9 Å². The Morgan fingerprint density at radius 3 is 2.27 bits per heavy atom. The molecule has 1 atom stereocenters. The fourth-order valence-electron chi connectivity index (χ4n) is 2.72. The molecule has 2 rings (SSSR count). The van der Waals surface area contributed by atoms with Crippen molar-refractivity contribution in [2.24, 2.45) is 5.92 Å². The molecule has 1 unspecified atom stereocenters. The van der Waals surface area contributed by atoms with Crippen molar-refractivity contribution in [2.45, 2.75) is 26.7 Å². The average molecular weight is 415 g/mol. The molecule has 26 heavy (non-hydrogen) atoms. The fraction of sp³-hybridized carbons (Fsp3) is 0.273. The van der Waals surface area contributed by atoms with Crippen LogP contribution in [0.1, 0.15) is 37.8 Å². The summed E-state index contributed by atoms with van der Waals surface area (Å²) in [6.07, 6.45) is 3.05. The Labute approximate surface area is 163 Å². The molecule has 0 saturated carbocycles. The number of halogens is 1. The lowest BCUT2D eigenvalue weighted by Gasteiger charge is -2.16. The number of allylic oxidation sites excluding steroid dienone is 1. The first-order valence-electron chi connectivity index (χ1n) is 8.80. The van der Waals surface area contributed by atoms with Crippen LogP contribution in [0.4, 0.5) is 0 Å². The van der Waals surface area contributed by atoms with Crippen LogP contribution >= 0.6 is 15.9 Å². The zero-order valence-corrected chi connectivity index (χ0v) is 16.7. The first-order valence-corrected chi connectivity index (χ1v) is 9.59. The Balaban J connectivity index is 2.46. The van der Waals surface area contributed by atoms with Crippen molar-refractivity contribution >= 4 is 39.3 Å². The Hall–Kier alpha value is -2.20. The summed E-state index contributed by atoms with van der Waals surface area (Å²) in [6, 6.07) is 17.2. The summed E-state index contributed by atoms with van der Waals surface area (Å²) >= 11 is 3.42. The predicted octanol–water partition coefficient (Wildman–Crippen LogP) is 5.54. The number of ketones is 1. The number of rotatable bonds is 8. The highest BCUT2D eigenvalue weighted by atomic mass is 79.9. The molecule has 3 nitrogen and oxygen atoms in total. The molecule has 0 amide bonds. The molecule has 0 fully saturated rings. The molecule has 0 N–H and O–H groups in total. The van der Waals surface area contributed by atoms with Crippen LogP contribution in [-0.4, -0.2) is 18.4 Å². The highest BCUT2D eigenvalue weighted by molar-refractivity contribution is 9.10. The molecule has 0 aliphatic rings. The van der Waals surface area contributed by atoms with Gasteiger partial charge in [0.05, 0.1) is 6.61 Å². The average Bonchev–Trinajstić information content (AvgIpc) is 2.66. The summed E-state index contributed by atoms with van der Waals surface area (Å²) in [5, 5.41) is 0. The monoisotopic (exact) mass is 414 g/mol. The summed E-state index contributed by atoms with van der Waals surface area (Å²) < 4.78 is 6.11. The first kappa shape index (κ1) is 20.1. The molecule has 0 radical (unpaired) electrons. The van der Waals surface area contributed by atoms with E-state index in [4.69, 9.17) is 4.74 Å². The number of benzene rings is 2. The summed E-state index contributed by atoms with van der Waals surface area (Å²) in [5.41, 5.74) is 2.23. The van der Waals surface area contributed by atoms with Gasteiger partial charge in [-0.2, -0.15) is 0 Å². The molecule has 0 aliphatic heterocycles. The van der Waals surface area contributed by atoms with Gasteiger partial charge >= 0.3 is 5.97 Å². The zero-order valence-electron chi connectivity index (χ0n) is 15.1. The molecule has 2 aromatic carbocycles. The van der Waals surface area contributed by atoms with E-state index in [-0.39, 0.29) is 12.4 Å². The second-order valence-electron chi connectivity index (χ2n) is 5.93. The third-order valence-corrected chi connectivity index (χ3v) is 4.52. The lowest BCUT2D eigenvalue weighted by molar-refractivity contribution is -0.150. The van der Waals surface area contributed by atoms with Crippen molar-refractivity contribution in [3.63, 3.8) is 0 Å². The molecular weight excluding hydrogens is 392 g/mol. The van der Waals surface area contributed by atoms with Crippen molar-refractivity contribution in [3.05, 3.63) is 70.2 Å². The lowest BCUT2D eigenvalue weighted by Crippen LogP contribution is -2.27. The van der Waals surface area contributed by atoms with Gasteiger partial charge in [-0.1, -0.05) is 71.7 Å². The normalized spacial score (nSPS) is 12.5. The van der Waals surface area contributed by atoms with Gasteiger partial charge in [0.15, 0.2) is 5.78 Å². The Morgan fingerprint density at radius 2 is 1.69 bits per heavy atom. The quantitative estimate of drug-likeness (QED) is 0.246. The molecule has 4 heteroatoms. The number of carbonyl (C=O) groups is 2. The minimum atomic E-state index is -0.776. The van der Waals surface area contributed by atoms with Crippen LogP contribution in [0.3, 0.4) is 0 Å². The number of ether oxygens (including phenoxy) is 1. The van der Waals surface area contributed by atoms with E-state index in [0.29, 0.717) is 12.0 Å². The van der Waals surface area contributed by atoms with Crippen molar-refractivity contribution in [1.82, 2.24) is 0 Å². The lowest BCUT2D eigenvalue weighted by atomic mass is 9.88. The molecule has 2 aromatic rings. The van der Waals surface area contributed by atoms with Gasteiger partial charge in [0, 0.05) is 10.0 Å². The van der Waals surface area contributed by atoms with Crippen LogP contribution in [0.5, 0.6) is 0 Å². The highest BCUT2D eigenvalue weighted by Gasteiger charge is 2.30. The van der Waals surface area contributed by atoms with E-state index in [1.54, 1.807) is 6.92 Å². The summed E-state index contributed by atoms with van der Waals surface area (Å²) in [4.78, 5) is 25.6. The van der Waals surface area contributed by atoms with Crippen molar-refractivity contribution in [1.29, 1.82) is 0 Å². The number of Topliss-reactive ketones (excluding diaryl/α,β-unsaturated/α-hetero) is 1. The summed E-state index contributed by atoms with van der Waals surface area (Å²) in [6.45, 7) is 3.98. The molecule has 0 spiro atoms. The van der Waals surface area contributed by atoms with Crippen molar-refractivity contribution < 1.29 is 14.3 Å². The Kier molecular flexibility index (Phi) is 7.79. The maximum Gasteiger partial charge on any atom is 0.316 e. The summed E-state index contributed by atoms with van der Waals surface area (Å²) in [7, 11) is 0. The van der Waals surface area contributed by atoms with Crippen LogP contribution in [0.15, 0.2) is 59.1 Å². The van der Waals surface area contributed by atoms with Gasteiger partial charge in [-0.15, -0.1) is 0 Å². The van der Waals surface area contributed by atoms with Crippen LogP contribution in [-0.2, 0) is 14.3 Å². The van der Waals surface area contributed by atoms with E-state index < -0.39 is 11.9 Å². The van der Waals surface area contributed by atoms with Crippen molar-refractivity contribution in [3.8, 4) is 0 Å². The zero-order chi connectivity index (χ0) is 18.9. The van der Waals surface area contributed by atoms with Crippen LogP contribution < -0.4 is 0 Å². The fourth-order valence-corrected chi connectivity index (χ4v) is 2.98. The second kappa shape index (κ2) is 10.1. The van der Waals surface area contributed by atoms with E-state index in [1.165, 1.54) is 0 Å². The minimum Gasteiger partial charge on any atom is -0.465 e. The third kappa shape index (κ3) is 5.40. The SMILES string of the molecule is CCCC(C(=O)OCC)C(=O)/C(=C/c1ccc(Br)cc1)c1ccccc1. The molecule has 0 aromatic heterocycles. The van der Waals surface area contributed by atoms with Crippen LogP contribution in [0.2, 0.25) is 0 Å². The van der Waals surface area contributed by atoms with Gasteiger partial charge in [-0.25, -0.2) is 0 Å². The Bertz CT molecular complexity index is 764. The number of esters is 1. The number of hydrogen-bond donors (Lipinski definition) is 0. The molecule has 0 aliphatic carbocycles. The van der Waals surface area contributed by atoms with E-state index in [9.17, 15) is 9.59 Å². The van der Waals surface area contributed by atoms with E-state index >= 15 is 0 Å². The second-order valence-corrected chi connectivity index (χ2v) is 6.85. The smallest absolute Gasteiger partial charge is 0.316 e. The molecule has 0 saturated heterocycles. The van der Waals surface area contributed by atoms with Gasteiger partial charge in [0.2, 0.25) is 0 Å². The first-order chi connectivity index (χ1) is 12.6. The maximum atomic E-state index is 13.2. The topological polar surface area (TPSA) is 43.4 Å². The van der Waals surface area contributed by atoms with Gasteiger partial charge in [-0.05, 0) is 42.7 Å². The van der Waals surface area contributed by atoms with Crippen LogP contribution in [0.25, 0.3) is 11.6 Å².